The van der Waals surface area contributed by atoms with E-state index in [1.807, 2.05) is 0 Å². The minimum absolute atomic E-state index is 0.982. The average molecular weight is 165 g/mol. The van der Waals surface area contributed by atoms with E-state index in [0.717, 1.165) is 29.7 Å². The molecule has 3 rings (SSSR count). The molecule has 6 atom stereocenters. The second kappa shape index (κ2) is 2.25. The molecule has 2 aliphatic heterocycles. The first kappa shape index (κ1) is 7.37. The van der Waals surface area contributed by atoms with Crippen LogP contribution >= 0.6 is 0 Å². The zero-order valence-electron chi connectivity index (χ0n) is 8.16. The zero-order chi connectivity index (χ0) is 8.29. The molecule has 68 valence electrons. The summed E-state index contributed by atoms with van der Waals surface area (Å²) in [7, 11) is 0. The van der Waals surface area contributed by atoms with Gasteiger partial charge in [-0.1, -0.05) is 13.8 Å². The summed E-state index contributed by atoms with van der Waals surface area (Å²) < 4.78 is 0. The standard InChI is InChI=1S/C11H19N/c1-7-5-8(2)11-10(7)9-3-4-12(11)6-9/h7-11H,3-6H2,1-2H3. The number of hydrogen-bond acceptors (Lipinski definition) is 1. The Morgan fingerprint density at radius 3 is 2.75 bits per heavy atom. The second-order valence-corrected chi connectivity index (χ2v) is 5.30. The molecule has 0 aromatic heterocycles. The number of piperidine rings is 1. The van der Waals surface area contributed by atoms with Crippen LogP contribution in [0, 0.1) is 23.7 Å². The Balaban J connectivity index is 1.92. The van der Waals surface area contributed by atoms with Gasteiger partial charge < -0.3 is 0 Å². The van der Waals surface area contributed by atoms with E-state index in [4.69, 9.17) is 0 Å². The predicted octanol–water partition coefficient (Wildman–Crippen LogP) is 1.98. The lowest BCUT2D eigenvalue weighted by Gasteiger charge is -2.30. The van der Waals surface area contributed by atoms with E-state index < -0.39 is 0 Å². The Morgan fingerprint density at radius 1 is 1.17 bits per heavy atom. The van der Waals surface area contributed by atoms with Crippen LogP contribution in [-0.2, 0) is 0 Å². The van der Waals surface area contributed by atoms with Crippen LogP contribution in [-0.4, -0.2) is 24.0 Å². The van der Waals surface area contributed by atoms with Gasteiger partial charge in [0.1, 0.15) is 0 Å². The SMILES string of the molecule is CC1CC(C)C2C1C1CCN2C1. The summed E-state index contributed by atoms with van der Waals surface area (Å²) in [5, 5.41) is 0. The van der Waals surface area contributed by atoms with Crippen LogP contribution in [0.2, 0.25) is 0 Å². The molecule has 0 aromatic carbocycles. The first-order valence-electron chi connectivity index (χ1n) is 5.51. The molecule has 0 radical (unpaired) electrons. The van der Waals surface area contributed by atoms with Gasteiger partial charge in [0.05, 0.1) is 0 Å². The summed E-state index contributed by atoms with van der Waals surface area (Å²) >= 11 is 0. The highest BCUT2D eigenvalue weighted by Crippen LogP contribution is 2.52. The quantitative estimate of drug-likeness (QED) is 0.530. The monoisotopic (exact) mass is 165 g/mol. The van der Waals surface area contributed by atoms with Gasteiger partial charge in [-0.15, -0.1) is 0 Å². The molecular weight excluding hydrogens is 146 g/mol. The van der Waals surface area contributed by atoms with Gasteiger partial charge in [0.2, 0.25) is 0 Å². The summed E-state index contributed by atoms with van der Waals surface area (Å²) in [5.41, 5.74) is 0. The predicted molar refractivity (Wildman–Crippen MR) is 49.9 cm³/mol. The molecular formula is C11H19N. The summed E-state index contributed by atoms with van der Waals surface area (Å²) in [5.74, 6) is 4.15. The molecule has 0 spiro atoms. The van der Waals surface area contributed by atoms with Gasteiger partial charge in [-0.3, -0.25) is 4.90 Å². The summed E-state index contributed by atoms with van der Waals surface area (Å²) in [6.07, 6.45) is 2.99. The molecule has 2 saturated heterocycles. The third-order valence-electron chi connectivity index (χ3n) is 4.60. The maximum Gasteiger partial charge on any atom is 0.0155 e. The second-order valence-electron chi connectivity index (χ2n) is 5.30. The minimum atomic E-state index is 0.982. The fraction of sp³-hybridized carbons (Fsp3) is 1.00. The molecule has 1 saturated carbocycles. The van der Waals surface area contributed by atoms with E-state index in [9.17, 15) is 0 Å². The van der Waals surface area contributed by atoms with Gasteiger partial charge in [0, 0.05) is 12.6 Å². The lowest BCUT2D eigenvalue weighted by atomic mass is 9.83. The van der Waals surface area contributed by atoms with Crippen LogP contribution in [0.1, 0.15) is 26.7 Å². The average Bonchev–Trinajstić information content (AvgIpc) is 2.64. The third kappa shape index (κ3) is 0.736. The number of rotatable bonds is 0. The molecule has 1 nitrogen and oxygen atoms in total. The van der Waals surface area contributed by atoms with Crippen molar-refractivity contribution in [3.63, 3.8) is 0 Å². The highest BCUT2D eigenvalue weighted by atomic mass is 15.2. The lowest BCUT2D eigenvalue weighted by molar-refractivity contribution is 0.179. The molecule has 0 aromatic rings. The molecule has 1 aliphatic carbocycles. The topological polar surface area (TPSA) is 3.24 Å². The van der Waals surface area contributed by atoms with Crippen molar-refractivity contribution in [1.29, 1.82) is 0 Å². The fourth-order valence-electron chi connectivity index (χ4n) is 4.35. The maximum absolute atomic E-state index is 2.77. The molecule has 2 heterocycles. The Kier molecular flexibility index (Phi) is 1.39. The van der Waals surface area contributed by atoms with Crippen molar-refractivity contribution < 1.29 is 0 Å². The van der Waals surface area contributed by atoms with Crippen molar-refractivity contribution in [2.24, 2.45) is 23.7 Å². The van der Waals surface area contributed by atoms with Crippen molar-refractivity contribution in [2.75, 3.05) is 13.1 Å². The highest BCUT2D eigenvalue weighted by molar-refractivity contribution is 5.05. The van der Waals surface area contributed by atoms with Gasteiger partial charge in [0.15, 0.2) is 0 Å². The molecule has 0 amide bonds. The molecule has 12 heavy (non-hydrogen) atoms. The van der Waals surface area contributed by atoms with Crippen LogP contribution in [0.15, 0.2) is 0 Å². The van der Waals surface area contributed by atoms with Crippen molar-refractivity contribution >= 4 is 0 Å². The number of fused-ring (bicyclic) bond motifs is 5. The van der Waals surface area contributed by atoms with Gasteiger partial charge in [-0.25, -0.2) is 0 Å². The zero-order valence-corrected chi connectivity index (χ0v) is 8.16. The van der Waals surface area contributed by atoms with Gasteiger partial charge >= 0.3 is 0 Å². The van der Waals surface area contributed by atoms with Gasteiger partial charge in [-0.05, 0) is 43.1 Å². The normalized spacial score (nSPS) is 62.5. The van der Waals surface area contributed by atoms with E-state index in [0.29, 0.717) is 0 Å². The largest absolute Gasteiger partial charge is 0.300 e. The smallest absolute Gasteiger partial charge is 0.0155 e. The van der Waals surface area contributed by atoms with Crippen LogP contribution in [0.4, 0.5) is 0 Å². The van der Waals surface area contributed by atoms with Crippen molar-refractivity contribution in [3.8, 4) is 0 Å². The first-order chi connectivity index (χ1) is 5.77. The summed E-state index contributed by atoms with van der Waals surface area (Å²) in [6, 6.07) is 0.985. The molecule has 3 fully saturated rings. The Bertz CT molecular complexity index is 181. The maximum atomic E-state index is 2.77. The van der Waals surface area contributed by atoms with E-state index in [-0.39, 0.29) is 0 Å². The molecule has 2 bridgehead atoms. The summed E-state index contributed by atoms with van der Waals surface area (Å²) in [4.78, 5) is 2.77. The Labute approximate surface area is 75.1 Å². The molecule has 6 unspecified atom stereocenters. The van der Waals surface area contributed by atoms with Crippen molar-refractivity contribution in [2.45, 2.75) is 32.7 Å². The van der Waals surface area contributed by atoms with Crippen molar-refractivity contribution in [1.82, 2.24) is 4.90 Å². The van der Waals surface area contributed by atoms with Crippen molar-refractivity contribution in [3.05, 3.63) is 0 Å². The fourth-order valence-corrected chi connectivity index (χ4v) is 4.35. The Morgan fingerprint density at radius 2 is 2.00 bits per heavy atom. The molecule has 0 N–H and O–H groups in total. The van der Waals surface area contributed by atoms with Gasteiger partial charge in [0.25, 0.3) is 0 Å². The minimum Gasteiger partial charge on any atom is -0.300 e. The highest BCUT2D eigenvalue weighted by Gasteiger charge is 2.53. The van der Waals surface area contributed by atoms with Crippen LogP contribution in [0.25, 0.3) is 0 Å². The Hall–Kier alpha value is -0.0400. The van der Waals surface area contributed by atoms with Crippen LogP contribution in [0.5, 0.6) is 0 Å². The van der Waals surface area contributed by atoms with Crippen LogP contribution in [0.3, 0.4) is 0 Å². The molecule has 1 heteroatoms. The summed E-state index contributed by atoms with van der Waals surface area (Å²) in [6.45, 7) is 7.78. The van der Waals surface area contributed by atoms with E-state index in [1.165, 1.54) is 25.9 Å². The first-order valence-corrected chi connectivity index (χ1v) is 5.51. The van der Waals surface area contributed by atoms with E-state index in [1.54, 1.807) is 0 Å². The number of nitrogens with zero attached hydrogens (tertiary/aromatic N) is 1. The van der Waals surface area contributed by atoms with E-state index in [2.05, 4.69) is 18.7 Å². The van der Waals surface area contributed by atoms with E-state index >= 15 is 0 Å². The van der Waals surface area contributed by atoms with Crippen LogP contribution < -0.4 is 0 Å². The third-order valence-corrected chi connectivity index (χ3v) is 4.60. The lowest BCUT2D eigenvalue weighted by Crippen LogP contribution is -2.36. The van der Waals surface area contributed by atoms with Gasteiger partial charge in [-0.2, -0.15) is 0 Å². The molecule has 3 aliphatic rings. The number of hydrogen-bond donors (Lipinski definition) is 0.